The van der Waals surface area contributed by atoms with Gasteiger partial charge in [-0.3, -0.25) is 0 Å². The predicted octanol–water partition coefficient (Wildman–Crippen LogP) is 1.67. The van der Waals surface area contributed by atoms with Gasteiger partial charge >= 0.3 is 0 Å². The SMILES string of the molecule is NCC[C@@H](O)c1ccc(N2CCCC2)cc1. The van der Waals surface area contributed by atoms with Crippen LogP contribution in [0.1, 0.15) is 30.9 Å². The molecular formula is C13H20N2O. The number of hydrogen-bond donors (Lipinski definition) is 2. The molecule has 3 nitrogen and oxygen atoms in total. The van der Waals surface area contributed by atoms with Gasteiger partial charge in [0.1, 0.15) is 0 Å². The van der Waals surface area contributed by atoms with Gasteiger partial charge < -0.3 is 15.7 Å². The van der Waals surface area contributed by atoms with Crippen LogP contribution in [0.5, 0.6) is 0 Å². The second kappa shape index (κ2) is 5.32. The molecule has 0 aromatic heterocycles. The molecule has 1 aromatic rings. The molecule has 0 amide bonds. The van der Waals surface area contributed by atoms with E-state index in [0.29, 0.717) is 13.0 Å². The molecule has 0 aliphatic carbocycles. The van der Waals surface area contributed by atoms with E-state index in [2.05, 4.69) is 17.0 Å². The third kappa shape index (κ3) is 2.54. The average molecular weight is 220 g/mol. The minimum absolute atomic E-state index is 0.419. The fourth-order valence-electron chi connectivity index (χ4n) is 2.21. The Morgan fingerprint density at radius 2 is 1.81 bits per heavy atom. The van der Waals surface area contributed by atoms with Crippen LogP contribution in [0, 0.1) is 0 Å². The molecule has 0 radical (unpaired) electrons. The van der Waals surface area contributed by atoms with E-state index in [1.54, 1.807) is 0 Å². The first-order chi connectivity index (χ1) is 7.81. The van der Waals surface area contributed by atoms with Crippen molar-refractivity contribution in [2.75, 3.05) is 24.5 Å². The summed E-state index contributed by atoms with van der Waals surface area (Å²) in [6.45, 7) is 2.84. The molecular weight excluding hydrogens is 200 g/mol. The highest BCUT2D eigenvalue weighted by molar-refractivity contribution is 5.48. The van der Waals surface area contributed by atoms with Crippen molar-refractivity contribution in [3.63, 3.8) is 0 Å². The van der Waals surface area contributed by atoms with E-state index in [1.165, 1.54) is 18.5 Å². The Balaban J connectivity index is 2.03. The molecule has 0 spiro atoms. The Morgan fingerprint density at radius 3 is 2.38 bits per heavy atom. The largest absolute Gasteiger partial charge is 0.388 e. The summed E-state index contributed by atoms with van der Waals surface area (Å²) in [5.41, 5.74) is 7.66. The summed E-state index contributed by atoms with van der Waals surface area (Å²) in [7, 11) is 0. The fourth-order valence-corrected chi connectivity index (χ4v) is 2.21. The van der Waals surface area contributed by atoms with Gasteiger partial charge in [0.25, 0.3) is 0 Å². The van der Waals surface area contributed by atoms with E-state index < -0.39 is 6.10 Å². The highest BCUT2D eigenvalue weighted by atomic mass is 16.3. The van der Waals surface area contributed by atoms with Gasteiger partial charge in [-0.2, -0.15) is 0 Å². The van der Waals surface area contributed by atoms with Crippen molar-refractivity contribution in [1.29, 1.82) is 0 Å². The van der Waals surface area contributed by atoms with E-state index >= 15 is 0 Å². The van der Waals surface area contributed by atoms with E-state index in [1.807, 2.05) is 12.1 Å². The topological polar surface area (TPSA) is 49.5 Å². The first-order valence-corrected chi connectivity index (χ1v) is 6.04. The van der Waals surface area contributed by atoms with Crippen molar-refractivity contribution in [3.05, 3.63) is 29.8 Å². The Labute approximate surface area is 96.9 Å². The molecule has 16 heavy (non-hydrogen) atoms. The number of nitrogens with two attached hydrogens (primary N) is 1. The van der Waals surface area contributed by atoms with Crippen LogP contribution in [-0.4, -0.2) is 24.7 Å². The highest BCUT2D eigenvalue weighted by Crippen LogP contribution is 2.23. The van der Waals surface area contributed by atoms with Crippen LogP contribution >= 0.6 is 0 Å². The molecule has 2 rings (SSSR count). The highest BCUT2D eigenvalue weighted by Gasteiger charge is 2.12. The monoisotopic (exact) mass is 220 g/mol. The third-order valence-corrected chi connectivity index (χ3v) is 3.19. The summed E-state index contributed by atoms with van der Waals surface area (Å²) in [6, 6.07) is 8.21. The zero-order chi connectivity index (χ0) is 11.4. The quantitative estimate of drug-likeness (QED) is 0.811. The van der Waals surface area contributed by atoms with Crippen molar-refractivity contribution >= 4 is 5.69 Å². The molecule has 1 fully saturated rings. The van der Waals surface area contributed by atoms with Crippen molar-refractivity contribution in [2.24, 2.45) is 5.73 Å². The van der Waals surface area contributed by atoms with Crippen LogP contribution in [0.4, 0.5) is 5.69 Å². The van der Waals surface area contributed by atoms with Gasteiger partial charge in [-0.1, -0.05) is 12.1 Å². The van der Waals surface area contributed by atoms with Crippen molar-refractivity contribution in [1.82, 2.24) is 0 Å². The van der Waals surface area contributed by atoms with Crippen LogP contribution < -0.4 is 10.6 Å². The van der Waals surface area contributed by atoms with Crippen molar-refractivity contribution < 1.29 is 5.11 Å². The Bertz CT molecular complexity index is 317. The van der Waals surface area contributed by atoms with Gasteiger partial charge in [-0.15, -0.1) is 0 Å². The standard InChI is InChI=1S/C13H20N2O/c14-8-7-13(16)11-3-5-12(6-4-11)15-9-1-2-10-15/h3-6,13,16H,1-2,7-10,14H2/t13-/m1/s1. The fraction of sp³-hybridized carbons (Fsp3) is 0.538. The Hall–Kier alpha value is -1.06. The van der Waals surface area contributed by atoms with Gasteiger partial charge in [-0.25, -0.2) is 0 Å². The number of rotatable bonds is 4. The Morgan fingerprint density at radius 1 is 1.19 bits per heavy atom. The first kappa shape index (κ1) is 11.4. The van der Waals surface area contributed by atoms with Gasteiger partial charge in [0, 0.05) is 18.8 Å². The molecule has 1 saturated heterocycles. The molecule has 3 heteroatoms. The Kier molecular flexibility index (Phi) is 3.80. The minimum atomic E-state index is -0.419. The van der Waals surface area contributed by atoms with E-state index in [9.17, 15) is 5.11 Å². The van der Waals surface area contributed by atoms with Crippen LogP contribution in [-0.2, 0) is 0 Å². The molecule has 1 atom stereocenters. The van der Waals surface area contributed by atoms with Crippen LogP contribution in [0.25, 0.3) is 0 Å². The second-order valence-corrected chi connectivity index (χ2v) is 4.38. The molecule has 1 aliphatic heterocycles. The molecule has 0 bridgehead atoms. The number of aliphatic hydroxyl groups excluding tert-OH is 1. The summed E-state index contributed by atoms with van der Waals surface area (Å²) >= 11 is 0. The second-order valence-electron chi connectivity index (χ2n) is 4.38. The van der Waals surface area contributed by atoms with E-state index in [0.717, 1.165) is 18.7 Å². The zero-order valence-electron chi connectivity index (χ0n) is 9.60. The molecule has 1 aromatic carbocycles. The predicted molar refractivity (Wildman–Crippen MR) is 66.5 cm³/mol. The number of benzene rings is 1. The molecule has 0 saturated carbocycles. The van der Waals surface area contributed by atoms with Crippen LogP contribution in [0.2, 0.25) is 0 Å². The summed E-state index contributed by atoms with van der Waals surface area (Å²) < 4.78 is 0. The summed E-state index contributed by atoms with van der Waals surface area (Å²) in [5, 5.41) is 9.78. The van der Waals surface area contributed by atoms with E-state index in [-0.39, 0.29) is 0 Å². The van der Waals surface area contributed by atoms with Gasteiger partial charge in [0.05, 0.1) is 6.10 Å². The summed E-state index contributed by atoms with van der Waals surface area (Å²) in [6.07, 6.45) is 2.79. The molecule has 1 aliphatic rings. The maximum Gasteiger partial charge on any atom is 0.0802 e. The molecule has 3 N–H and O–H groups in total. The normalized spacial score (nSPS) is 17.8. The number of anilines is 1. The van der Waals surface area contributed by atoms with E-state index in [4.69, 9.17) is 5.73 Å². The lowest BCUT2D eigenvalue weighted by molar-refractivity contribution is 0.170. The number of aliphatic hydroxyl groups is 1. The lowest BCUT2D eigenvalue weighted by Gasteiger charge is -2.18. The minimum Gasteiger partial charge on any atom is -0.388 e. The zero-order valence-corrected chi connectivity index (χ0v) is 9.60. The lowest BCUT2D eigenvalue weighted by Crippen LogP contribution is -2.17. The maximum atomic E-state index is 9.78. The summed E-state index contributed by atoms with van der Waals surface area (Å²) in [5.74, 6) is 0. The average Bonchev–Trinajstić information content (AvgIpc) is 2.83. The maximum absolute atomic E-state index is 9.78. The molecule has 88 valence electrons. The van der Waals surface area contributed by atoms with Crippen molar-refractivity contribution in [3.8, 4) is 0 Å². The number of nitrogens with zero attached hydrogens (tertiary/aromatic N) is 1. The summed E-state index contributed by atoms with van der Waals surface area (Å²) in [4.78, 5) is 2.39. The lowest BCUT2D eigenvalue weighted by atomic mass is 10.1. The van der Waals surface area contributed by atoms with Crippen LogP contribution in [0.3, 0.4) is 0 Å². The third-order valence-electron chi connectivity index (χ3n) is 3.19. The first-order valence-electron chi connectivity index (χ1n) is 6.04. The number of hydrogen-bond acceptors (Lipinski definition) is 3. The molecule has 0 unspecified atom stereocenters. The molecule has 1 heterocycles. The van der Waals surface area contributed by atoms with Gasteiger partial charge in [-0.05, 0) is 43.5 Å². The van der Waals surface area contributed by atoms with Gasteiger partial charge in [0.2, 0.25) is 0 Å². The van der Waals surface area contributed by atoms with Crippen LogP contribution in [0.15, 0.2) is 24.3 Å². The smallest absolute Gasteiger partial charge is 0.0802 e. The van der Waals surface area contributed by atoms with Gasteiger partial charge in [0.15, 0.2) is 0 Å². The van der Waals surface area contributed by atoms with Crippen molar-refractivity contribution in [2.45, 2.75) is 25.4 Å².